The van der Waals surface area contributed by atoms with E-state index in [9.17, 15) is 13.2 Å². The Kier molecular flexibility index (Phi) is 6.35. The zero-order chi connectivity index (χ0) is 20.1. The molecular formula is C18H13Cl2N3O3S2. The van der Waals surface area contributed by atoms with Crippen molar-refractivity contribution in [2.24, 2.45) is 0 Å². The molecule has 2 aromatic carbocycles. The first-order valence-electron chi connectivity index (χ1n) is 7.80. The Hall–Kier alpha value is -2.39. The number of carbonyl (C=O) groups excluding carboxylic acids is 1. The molecule has 144 valence electrons. The number of hydrogen-bond acceptors (Lipinski definition) is 5. The number of hydrogen-bond donors (Lipinski definition) is 2. The van der Waals surface area contributed by atoms with Gasteiger partial charge in [-0.15, -0.1) is 11.3 Å². The molecule has 0 spiro atoms. The molecule has 28 heavy (non-hydrogen) atoms. The number of nitrogens with zero attached hydrogens (tertiary/aromatic N) is 1. The molecule has 1 amide bonds. The van der Waals surface area contributed by atoms with Gasteiger partial charge in [0.15, 0.2) is 5.13 Å². The second kappa shape index (κ2) is 8.74. The van der Waals surface area contributed by atoms with Crippen LogP contribution in [0.1, 0.15) is 5.56 Å². The molecule has 0 aliphatic rings. The highest BCUT2D eigenvalue weighted by molar-refractivity contribution is 7.93. The maximum absolute atomic E-state index is 12.3. The molecule has 10 heteroatoms. The van der Waals surface area contributed by atoms with E-state index < -0.39 is 10.0 Å². The van der Waals surface area contributed by atoms with Crippen molar-refractivity contribution < 1.29 is 13.2 Å². The van der Waals surface area contributed by atoms with E-state index in [1.165, 1.54) is 47.9 Å². The fraction of sp³-hybridized carbons (Fsp3) is 0. The molecule has 0 aliphatic heterocycles. The number of nitrogens with one attached hydrogen (secondary N) is 2. The lowest BCUT2D eigenvalue weighted by atomic mass is 10.2. The van der Waals surface area contributed by atoms with E-state index >= 15 is 0 Å². The van der Waals surface area contributed by atoms with Crippen LogP contribution in [0.5, 0.6) is 0 Å². The Morgan fingerprint density at radius 2 is 1.86 bits per heavy atom. The average molecular weight is 454 g/mol. The summed E-state index contributed by atoms with van der Waals surface area (Å²) in [5.41, 5.74) is 1.10. The van der Waals surface area contributed by atoms with E-state index in [4.69, 9.17) is 23.2 Å². The van der Waals surface area contributed by atoms with Gasteiger partial charge in [-0.05, 0) is 48.0 Å². The Bertz CT molecular complexity index is 1110. The van der Waals surface area contributed by atoms with Crippen LogP contribution in [0, 0.1) is 0 Å². The zero-order valence-electron chi connectivity index (χ0n) is 14.1. The molecule has 3 rings (SSSR count). The van der Waals surface area contributed by atoms with Crippen molar-refractivity contribution in [2.45, 2.75) is 4.90 Å². The lowest BCUT2D eigenvalue weighted by molar-refractivity contribution is -0.111. The zero-order valence-corrected chi connectivity index (χ0v) is 17.2. The standard InChI is InChI=1S/C18H13Cl2N3O3S2/c19-13-3-1-12(16(20)11-13)2-8-17(24)22-14-4-6-15(7-5-14)28(25,26)23-18-21-9-10-27-18/h1-11H,(H,21,23)(H,22,24)/b8-2+. The number of halogens is 2. The third-order valence-electron chi connectivity index (χ3n) is 3.46. The van der Waals surface area contributed by atoms with Crippen molar-refractivity contribution >= 4 is 67.4 Å². The summed E-state index contributed by atoms with van der Waals surface area (Å²) in [7, 11) is -3.74. The van der Waals surface area contributed by atoms with Gasteiger partial charge in [0.1, 0.15) is 0 Å². The number of carbonyl (C=O) groups is 1. The fourth-order valence-electron chi connectivity index (χ4n) is 2.15. The van der Waals surface area contributed by atoms with Crippen molar-refractivity contribution in [2.75, 3.05) is 10.0 Å². The SMILES string of the molecule is O=C(/C=C/c1ccc(Cl)cc1Cl)Nc1ccc(S(=O)(=O)Nc2nccs2)cc1. The first kappa shape index (κ1) is 20.3. The maximum atomic E-state index is 12.3. The lowest BCUT2D eigenvalue weighted by Gasteiger charge is -2.07. The molecule has 1 aromatic heterocycles. The summed E-state index contributed by atoms with van der Waals surface area (Å²) >= 11 is 13.1. The number of benzene rings is 2. The number of rotatable bonds is 6. The summed E-state index contributed by atoms with van der Waals surface area (Å²) in [6.45, 7) is 0. The van der Waals surface area contributed by atoms with Gasteiger partial charge < -0.3 is 5.32 Å². The topological polar surface area (TPSA) is 88.2 Å². The molecule has 0 bridgehead atoms. The van der Waals surface area contributed by atoms with Gasteiger partial charge in [-0.1, -0.05) is 29.3 Å². The van der Waals surface area contributed by atoms with E-state index in [0.29, 0.717) is 21.3 Å². The van der Waals surface area contributed by atoms with Crippen LogP contribution in [0.15, 0.2) is 65.0 Å². The lowest BCUT2D eigenvalue weighted by Crippen LogP contribution is -2.13. The maximum Gasteiger partial charge on any atom is 0.263 e. The highest BCUT2D eigenvalue weighted by Crippen LogP contribution is 2.22. The van der Waals surface area contributed by atoms with Crippen molar-refractivity contribution in [3.8, 4) is 0 Å². The molecule has 2 N–H and O–H groups in total. The predicted octanol–water partition coefficient (Wildman–Crippen LogP) is 4.90. The average Bonchev–Trinajstić information content (AvgIpc) is 3.14. The Labute approximate surface area is 175 Å². The normalized spacial score (nSPS) is 11.5. The highest BCUT2D eigenvalue weighted by Gasteiger charge is 2.15. The minimum absolute atomic E-state index is 0.0594. The van der Waals surface area contributed by atoms with Gasteiger partial charge in [-0.2, -0.15) is 0 Å². The van der Waals surface area contributed by atoms with E-state index in [1.807, 2.05) is 0 Å². The summed E-state index contributed by atoms with van der Waals surface area (Å²) < 4.78 is 26.9. The summed E-state index contributed by atoms with van der Waals surface area (Å²) in [6.07, 6.45) is 4.39. The van der Waals surface area contributed by atoms with Crippen molar-refractivity contribution in [1.29, 1.82) is 0 Å². The quantitative estimate of drug-likeness (QED) is 0.519. The molecule has 3 aromatic rings. The Balaban J connectivity index is 1.65. The summed E-state index contributed by atoms with van der Waals surface area (Å²) in [4.78, 5) is 16.0. The third kappa shape index (κ3) is 5.32. The largest absolute Gasteiger partial charge is 0.323 e. The van der Waals surface area contributed by atoms with Crippen molar-refractivity contribution in [3.63, 3.8) is 0 Å². The second-order valence-electron chi connectivity index (χ2n) is 5.46. The van der Waals surface area contributed by atoms with Gasteiger partial charge in [0.2, 0.25) is 5.91 Å². The number of anilines is 2. The monoisotopic (exact) mass is 453 g/mol. The molecule has 0 unspecified atom stereocenters. The van der Waals surface area contributed by atoms with Gasteiger partial charge in [-0.25, -0.2) is 13.4 Å². The van der Waals surface area contributed by atoms with Gasteiger partial charge in [-0.3, -0.25) is 9.52 Å². The third-order valence-corrected chi connectivity index (χ3v) is 6.20. The first-order chi connectivity index (χ1) is 13.3. The molecule has 6 nitrogen and oxygen atoms in total. The molecule has 1 heterocycles. The van der Waals surface area contributed by atoms with Crippen LogP contribution < -0.4 is 10.0 Å². The van der Waals surface area contributed by atoms with Crippen LogP contribution >= 0.6 is 34.5 Å². The molecular weight excluding hydrogens is 441 g/mol. The van der Waals surface area contributed by atoms with Crippen molar-refractivity contribution in [3.05, 3.63) is 75.7 Å². The molecule has 0 saturated heterocycles. The number of amides is 1. The minimum Gasteiger partial charge on any atom is -0.323 e. The van der Waals surface area contributed by atoms with Crippen LogP contribution in [-0.4, -0.2) is 19.3 Å². The van der Waals surface area contributed by atoms with Crippen LogP contribution in [0.2, 0.25) is 10.0 Å². The van der Waals surface area contributed by atoms with E-state index in [1.54, 1.807) is 29.7 Å². The molecule has 0 fully saturated rings. The highest BCUT2D eigenvalue weighted by atomic mass is 35.5. The van der Waals surface area contributed by atoms with Crippen LogP contribution in [0.4, 0.5) is 10.8 Å². The first-order valence-corrected chi connectivity index (χ1v) is 10.9. The van der Waals surface area contributed by atoms with E-state index in [0.717, 1.165) is 0 Å². The predicted molar refractivity (Wildman–Crippen MR) is 113 cm³/mol. The molecule has 0 radical (unpaired) electrons. The summed E-state index contributed by atoms with van der Waals surface area (Å²) in [5.74, 6) is -0.387. The van der Waals surface area contributed by atoms with E-state index in [2.05, 4.69) is 15.0 Å². The number of aromatic nitrogens is 1. The molecule has 0 atom stereocenters. The van der Waals surface area contributed by atoms with Gasteiger partial charge in [0, 0.05) is 33.4 Å². The Morgan fingerprint density at radius 1 is 1.11 bits per heavy atom. The second-order valence-corrected chi connectivity index (χ2v) is 8.88. The summed E-state index contributed by atoms with van der Waals surface area (Å²) in [5, 5.41) is 5.53. The van der Waals surface area contributed by atoms with Gasteiger partial charge in [0.25, 0.3) is 10.0 Å². The number of thiazole rings is 1. The summed E-state index contributed by atoms with van der Waals surface area (Å²) in [6, 6.07) is 10.7. The van der Waals surface area contributed by atoms with Crippen LogP contribution in [0.25, 0.3) is 6.08 Å². The van der Waals surface area contributed by atoms with Gasteiger partial charge in [0.05, 0.1) is 4.90 Å². The fourth-order valence-corrected chi connectivity index (χ4v) is 4.41. The smallest absolute Gasteiger partial charge is 0.263 e. The number of sulfonamides is 1. The van der Waals surface area contributed by atoms with Gasteiger partial charge >= 0.3 is 0 Å². The van der Waals surface area contributed by atoms with Crippen LogP contribution in [-0.2, 0) is 14.8 Å². The Morgan fingerprint density at radius 3 is 2.50 bits per heavy atom. The minimum atomic E-state index is -3.74. The molecule has 0 aliphatic carbocycles. The van der Waals surface area contributed by atoms with E-state index in [-0.39, 0.29) is 15.9 Å². The molecule has 0 saturated carbocycles. The van der Waals surface area contributed by atoms with Crippen LogP contribution in [0.3, 0.4) is 0 Å². The van der Waals surface area contributed by atoms with Crippen molar-refractivity contribution in [1.82, 2.24) is 4.98 Å².